The molecule has 0 saturated heterocycles. The summed E-state index contributed by atoms with van der Waals surface area (Å²) in [6.45, 7) is 2.34. The Morgan fingerprint density at radius 1 is 1.39 bits per heavy atom. The van der Waals surface area contributed by atoms with E-state index in [9.17, 15) is 4.79 Å². The Bertz CT molecular complexity index is 548. The lowest BCUT2D eigenvalue weighted by molar-refractivity contribution is 0.0742. The van der Waals surface area contributed by atoms with Crippen molar-refractivity contribution in [2.75, 3.05) is 7.05 Å². The van der Waals surface area contributed by atoms with E-state index < -0.39 is 0 Å². The topological polar surface area (TPSA) is 46.3 Å². The van der Waals surface area contributed by atoms with E-state index in [1.54, 1.807) is 25.1 Å². The van der Waals surface area contributed by atoms with Gasteiger partial charge < -0.3 is 9.42 Å². The van der Waals surface area contributed by atoms with Gasteiger partial charge in [0.05, 0.1) is 6.20 Å². The summed E-state index contributed by atoms with van der Waals surface area (Å²) in [6, 6.07) is 7.85. The molecule has 0 aliphatic heterocycles. The van der Waals surface area contributed by atoms with Gasteiger partial charge in [0.25, 0.3) is 5.91 Å². The molecule has 18 heavy (non-hydrogen) atoms. The van der Waals surface area contributed by atoms with Crippen LogP contribution in [-0.2, 0) is 6.54 Å². The molecule has 2 aromatic rings. The molecule has 0 bridgehead atoms. The molecule has 0 saturated carbocycles. The van der Waals surface area contributed by atoms with Gasteiger partial charge in [-0.2, -0.15) is 0 Å². The molecular weight excluding hydrogens is 296 g/mol. The average Bonchev–Trinajstić information content (AvgIpc) is 2.77. The van der Waals surface area contributed by atoms with E-state index in [4.69, 9.17) is 4.52 Å². The third kappa shape index (κ3) is 2.79. The quantitative estimate of drug-likeness (QED) is 0.875. The Morgan fingerprint density at radius 3 is 2.61 bits per heavy atom. The van der Waals surface area contributed by atoms with E-state index >= 15 is 0 Å². The van der Waals surface area contributed by atoms with Gasteiger partial charge in [-0.05, 0) is 24.6 Å². The number of halogens is 1. The standard InChI is InChI=1S/C13H13BrN2O2/c1-9-7-15-18-12(9)13(17)16(2)8-10-3-5-11(14)6-4-10/h3-7H,8H2,1-2H3. The van der Waals surface area contributed by atoms with Crippen molar-refractivity contribution in [2.24, 2.45) is 0 Å². The average molecular weight is 309 g/mol. The van der Waals surface area contributed by atoms with Crippen molar-refractivity contribution in [2.45, 2.75) is 13.5 Å². The molecule has 94 valence electrons. The summed E-state index contributed by atoms with van der Waals surface area (Å²) in [5.41, 5.74) is 1.81. The molecule has 0 unspecified atom stereocenters. The second kappa shape index (κ2) is 5.35. The Kier molecular flexibility index (Phi) is 3.81. The van der Waals surface area contributed by atoms with Crippen LogP contribution in [0.1, 0.15) is 21.7 Å². The van der Waals surface area contributed by atoms with Crippen LogP contribution in [0.25, 0.3) is 0 Å². The van der Waals surface area contributed by atoms with Crippen molar-refractivity contribution in [1.29, 1.82) is 0 Å². The molecule has 2 rings (SSSR count). The zero-order valence-corrected chi connectivity index (χ0v) is 11.8. The fourth-order valence-electron chi connectivity index (χ4n) is 1.61. The lowest BCUT2D eigenvalue weighted by Crippen LogP contribution is -2.26. The summed E-state index contributed by atoms with van der Waals surface area (Å²) < 4.78 is 5.98. The normalized spacial score (nSPS) is 10.4. The van der Waals surface area contributed by atoms with Gasteiger partial charge in [-0.3, -0.25) is 4.79 Å². The summed E-state index contributed by atoms with van der Waals surface area (Å²) in [7, 11) is 1.74. The summed E-state index contributed by atoms with van der Waals surface area (Å²) in [5, 5.41) is 3.62. The molecule has 4 nitrogen and oxygen atoms in total. The van der Waals surface area contributed by atoms with Crippen LogP contribution >= 0.6 is 15.9 Å². The lowest BCUT2D eigenvalue weighted by Gasteiger charge is -2.15. The number of aryl methyl sites for hydroxylation is 1. The van der Waals surface area contributed by atoms with Crippen molar-refractivity contribution in [3.05, 3.63) is 51.8 Å². The van der Waals surface area contributed by atoms with Crippen LogP contribution in [0.4, 0.5) is 0 Å². The van der Waals surface area contributed by atoms with Gasteiger partial charge in [-0.1, -0.05) is 33.2 Å². The molecule has 0 N–H and O–H groups in total. The smallest absolute Gasteiger partial charge is 0.292 e. The van der Waals surface area contributed by atoms with E-state index in [0.29, 0.717) is 12.3 Å². The number of hydrogen-bond acceptors (Lipinski definition) is 3. The van der Waals surface area contributed by atoms with Crippen molar-refractivity contribution in [1.82, 2.24) is 10.1 Å². The van der Waals surface area contributed by atoms with Crippen LogP contribution in [-0.4, -0.2) is 23.0 Å². The first kappa shape index (κ1) is 12.8. The molecule has 0 spiro atoms. The fourth-order valence-corrected chi connectivity index (χ4v) is 1.87. The number of rotatable bonds is 3. The molecule has 0 aliphatic rings. The van der Waals surface area contributed by atoms with Crippen LogP contribution in [0.2, 0.25) is 0 Å². The SMILES string of the molecule is Cc1cnoc1C(=O)N(C)Cc1ccc(Br)cc1. The summed E-state index contributed by atoms with van der Waals surface area (Å²) in [5.74, 6) is 0.141. The molecule has 0 fully saturated rings. The molecule has 1 aromatic heterocycles. The highest BCUT2D eigenvalue weighted by Crippen LogP contribution is 2.14. The number of amides is 1. The summed E-state index contributed by atoms with van der Waals surface area (Å²) in [4.78, 5) is 13.7. The number of hydrogen-bond donors (Lipinski definition) is 0. The van der Waals surface area contributed by atoms with E-state index in [-0.39, 0.29) is 5.91 Å². The Hall–Kier alpha value is -1.62. The van der Waals surface area contributed by atoms with Gasteiger partial charge in [0, 0.05) is 23.6 Å². The summed E-state index contributed by atoms with van der Waals surface area (Å²) in [6.07, 6.45) is 1.54. The van der Waals surface area contributed by atoms with Crippen molar-refractivity contribution in [3.8, 4) is 0 Å². The van der Waals surface area contributed by atoms with Crippen molar-refractivity contribution < 1.29 is 9.32 Å². The minimum atomic E-state index is -0.159. The first-order chi connectivity index (χ1) is 8.58. The van der Waals surface area contributed by atoms with Gasteiger partial charge in [0.15, 0.2) is 0 Å². The predicted molar refractivity (Wildman–Crippen MR) is 71.2 cm³/mol. The van der Waals surface area contributed by atoms with Gasteiger partial charge in [-0.15, -0.1) is 0 Å². The second-order valence-corrected chi connectivity index (χ2v) is 5.04. The fraction of sp³-hybridized carbons (Fsp3) is 0.231. The minimum absolute atomic E-state index is 0.159. The van der Waals surface area contributed by atoms with Crippen molar-refractivity contribution in [3.63, 3.8) is 0 Å². The molecule has 1 amide bonds. The van der Waals surface area contributed by atoms with Gasteiger partial charge in [0.1, 0.15) is 0 Å². The number of carbonyl (C=O) groups excluding carboxylic acids is 1. The largest absolute Gasteiger partial charge is 0.351 e. The molecule has 0 atom stereocenters. The first-order valence-electron chi connectivity index (χ1n) is 5.49. The predicted octanol–water partition coefficient (Wildman–Crippen LogP) is 3.02. The van der Waals surface area contributed by atoms with Crippen LogP contribution in [0.3, 0.4) is 0 Å². The molecule has 0 aliphatic carbocycles. The molecular formula is C13H13BrN2O2. The number of nitrogens with zero attached hydrogens (tertiary/aromatic N) is 2. The van der Waals surface area contributed by atoms with Gasteiger partial charge >= 0.3 is 0 Å². The van der Waals surface area contributed by atoms with Crippen LogP contribution < -0.4 is 0 Å². The third-order valence-corrected chi connectivity index (χ3v) is 3.15. The Balaban J connectivity index is 2.08. The van der Waals surface area contributed by atoms with Crippen LogP contribution in [0.5, 0.6) is 0 Å². The highest BCUT2D eigenvalue weighted by Gasteiger charge is 2.18. The van der Waals surface area contributed by atoms with Crippen LogP contribution in [0, 0.1) is 6.92 Å². The molecule has 1 aromatic carbocycles. The monoisotopic (exact) mass is 308 g/mol. The van der Waals surface area contributed by atoms with E-state index in [1.165, 1.54) is 0 Å². The van der Waals surface area contributed by atoms with Gasteiger partial charge in [-0.25, -0.2) is 0 Å². The third-order valence-electron chi connectivity index (χ3n) is 2.62. The summed E-state index contributed by atoms with van der Waals surface area (Å²) >= 11 is 3.38. The molecule has 0 radical (unpaired) electrons. The van der Waals surface area contributed by atoms with Crippen LogP contribution in [0.15, 0.2) is 39.5 Å². The van der Waals surface area contributed by atoms with E-state index in [2.05, 4.69) is 21.1 Å². The maximum absolute atomic E-state index is 12.1. The lowest BCUT2D eigenvalue weighted by atomic mass is 10.2. The Morgan fingerprint density at radius 2 is 2.06 bits per heavy atom. The maximum Gasteiger partial charge on any atom is 0.292 e. The van der Waals surface area contributed by atoms with Gasteiger partial charge in [0.2, 0.25) is 5.76 Å². The second-order valence-electron chi connectivity index (χ2n) is 4.13. The van der Waals surface area contributed by atoms with Crippen molar-refractivity contribution >= 4 is 21.8 Å². The zero-order chi connectivity index (χ0) is 13.1. The molecule has 5 heteroatoms. The number of carbonyl (C=O) groups is 1. The number of aromatic nitrogens is 1. The Labute approximate surface area is 114 Å². The highest BCUT2D eigenvalue weighted by molar-refractivity contribution is 9.10. The first-order valence-corrected chi connectivity index (χ1v) is 6.28. The maximum atomic E-state index is 12.1. The zero-order valence-electron chi connectivity index (χ0n) is 10.2. The minimum Gasteiger partial charge on any atom is -0.351 e. The van der Waals surface area contributed by atoms with E-state index in [1.807, 2.05) is 24.3 Å². The highest BCUT2D eigenvalue weighted by atomic mass is 79.9. The molecule has 1 heterocycles. The number of benzene rings is 1. The van der Waals surface area contributed by atoms with E-state index in [0.717, 1.165) is 15.6 Å².